The molecule has 4 heterocycles. The Kier molecular flexibility index (Phi) is 6.30. The number of aromatic nitrogens is 2. The van der Waals surface area contributed by atoms with Gasteiger partial charge in [0.1, 0.15) is 23.7 Å². The van der Waals surface area contributed by atoms with Crippen molar-refractivity contribution in [1.29, 1.82) is 5.41 Å². The summed E-state index contributed by atoms with van der Waals surface area (Å²) in [4.78, 5) is 15.9. The van der Waals surface area contributed by atoms with Crippen molar-refractivity contribution in [3.05, 3.63) is 54.3 Å². The molecular formula is C31H34FN7O2. The van der Waals surface area contributed by atoms with Gasteiger partial charge in [-0.3, -0.25) is 5.41 Å². The molecule has 4 N–H and O–H groups in total. The summed E-state index contributed by atoms with van der Waals surface area (Å²) in [6.45, 7) is 2.72. The number of halogens is 1. The number of nitrogens with one attached hydrogen (secondary N) is 1. The number of rotatable bonds is 5. The number of fused-ring (bicyclic) bond motifs is 4. The van der Waals surface area contributed by atoms with Crippen LogP contribution in [0.5, 0.6) is 11.8 Å². The molecule has 3 aliphatic rings. The number of likely N-dealkylation sites (N-methyl/N-ethyl adjacent to an activating group) is 1. The van der Waals surface area contributed by atoms with E-state index < -0.39 is 5.82 Å². The number of anilines is 1. The number of likely N-dealkylation sites (tertiary alicyclic amines) is 1. The van der Waals surface area contributed by atoms with Crippen LogP contribution in [0.15, 0.2) is 48.5 Å². The van der Waals surface area contributed by atoms with E-state index in [1.807, 2.05) is 35.2 Å². The van der Waals surface area contributed by atoms with E-state index in [-0.39, 0.29) is 41.4 Å². The maximum absolute atomic E-state index is 16.6. The van der Waals surface area contributed by atoms with Crippen LogP contribution < -0.4 is 15.4 Å². The molecule has 3 saturated heterocycles. The van der Waals surface area contributed by atoms with Crippen molar-refractivity contribution < 1.29 is 14.2 Å². The molecule has 3 aliphatic heterocycles. The summed E-state index contributed by atoms with van der Waals surface area (Å²) < 4.78 is 22.7. The zero-order valence-electron chi connectivity index (χ0n) is 23.1. The van der Waals surface area contributed by atoms with E-state index in [0.717, 1.165) is 43.0 Å². The van der Waals surface area contributed by atoms with Gasteiger partial charge in [-0.2, -0.15) is 9.97 Å². The molecule has 0 amide bonds. The van der Waals surface area contributed by atoms with E-state index in [0.29, 0.717) is 42.0 Å². The van der Waals surface area contributed by atoms with Crippen molar-refractivity contribution >= 4 is 33.5 Å². The summed E-state index contributed by atoms with van der Waals surface area (Å²) in [6.07, 6.45) is 4.05. The van der Waals surface area contributed by atoms with E-state index in [2.05, 4.69) is 21.8 Å². The first kappa shape index (κ1) is 25.8. The molecule has 3 aromatic carbocycles. The van der Waals surface area contributed by atoms with Crippen LogP contribution in [-0.4, -0.2) is 82.2 Å². The fourth-order valence-corrected chi connectivity index (χ4v) is 6.99. The highest BCUT2D eigenvalue weighted by atomic mass is 19.1. The Balaban J connectivity index is 1.34. The Labute approximate surface area is 237 Å². The van der Waals surface area contributed by atoms with Gasteiger partial charge in [-0.05, 0) is 73.8 Å². The van der Waals surface area contributed by atoms with Crippen molar-refractivity contribution in [2.45, 2.75) is 43.8 Å². The molecule has 0 radical (unpaired) electrons. The first-order valence-electron chi connectivity index (χ1n) is 14.3. The van der Waals surface area contributed by atoms with Crippen LogP contribution >= 0.6 is 0 Å². The maximum Gasteiger partial charge on any atom is 0.319 e. The highest BCUT2D eigenvalue weighted by Gasteiger charge is 2.41. The predicted molar refractivity (Wildman–Crippen MR) is 158 cm³/mol. The van der Waals surface area contributed by atoms with E-state index in [9.17, 15) is 5.11 Å². The van der Waals surface area contributed by atoms with Crippen molar-refractivity contribution in [3.8, 4) is 22.9 Å². The van der Waals surface area contributed by atoms with Crippen LogP contribution in [0, 0.1) is 11.2 Å². The third kappa shape index (κ3) is 4.46. The fraction of sp³-hybridized carbons (Fsp3) is 0.387. The lowest BCUT2D eigenvalue weighted by Gasteiger charge is -2.42. The summed E-state index contributed by atoms with van der Waals surface area (Å²) in [7, 11) is 2.09. The smallest absolute Gasteiger partial charge is 0.319 e. The van der Waals surface area contributed by atoms with Gasteiger partial charge >= 0.3 is 6.01 Å². The summed E-state index contributed by atoms with van der Waals surface area (Å²) in [5, 5.41) is 20.8. The van der Waals surface area contributed by atoms with Gasteiger partial charge in [0, 0.05) is 42.2 Å². The number of benzene rings is 3. The molecule has 2 unspecified atom stereocenters. The van der Waals surface area contributed by atoms with E-state index in [1.165, 1.54) is 0 Å². The summed E-state index contributed by atoms with van der Waals surface area (Å²) in [5.74, 6) is 0.333. The molecule has 7 rings (SSSR count). The molecule has 0 aliphatic carbocycles. The third-order valence-electron chi connectivity index (χ3n) is 9.04. The number of phenols is 1. The molecule has 0 saturated carbocycles. The van der Waals surface area contributed by atoms with Crippen LogP contribution in [0.3, 0.4) is 0 Å². The number of ether oxygens (including phenoxy) is 1. The Hall–Kier alpha value is -4.18. The zero-order valence-corrected chi connectivity index (χ0v) is 23.1. The van der Waals surface area contributed by atoms with Crippen LogP contribution in [0.25, 0.3) is 32.8 Å². The van der Waals surface area contributed by atoms with E-state index in [1.54, 1.807) is 18.2 Å². The van der Waals surface area contributed by atoms with Crippen molar-refractivity contribution in [3.63, 3.8) is 0 Å². The molecule has 2 bridgehead atoms. The normalized spacial score (nSPS) is 22.6. The Bertz CT molecular complexity index is 1650. The number of guanidine groups is 1. The monoisotopic (exact) mass is 555 g/mol. The van der Waals surface area contributed by atoms with Gasteiger partial charge in [0.05, 0.1) is 0 Å². The molecule has 10 heteroatoms. The van der Waals surface area contributed by atoms with Crippen LogP contribution in [0.4, 0.5) is 10.2 Å². The average molecular weight is 556 g/mol. The van der Waals surface area contributed by atoms with Crippen LogP contribution in [-0.2, 0) is 0 Å². The number of phenolic OH excluding ortho intramolecular Hbond substituents is 1. The minimum absolute atomic E-state index is 0.0742. The summed E-state index contributed by atoms with van der Waals surface area (Å²) in [5.41, 5.74) is 7.06. The molecular weight excluding hydrogens is 521 g/mol. The molecule has 41 heavy (non-hydrogen) atoms. The number of nitrogens with two attached hydrogens (primary N) is 1. The second-order valence-electron chi connectivity index (χ2n) is 11.5. The van der Waals surface area contributed by atoms with Gasteiger partial charge in [-0.15, -0.1) is 0 Å². The van der Waals surface area contributed by atoms with Crippen molar-refractivity contribution in [1.82, 2.24) is 19.8 Å². The fourth-order valence-electron chi connectivity index (χ4n) is 6.99. The number of hydrogen-bond acceptors (Lipinski definition) is 7. The molecule has 1 aromatic heterocycles. The lowest BCUT2D eigenvalue weighted by atomic mass is 9.96. The standard InChI is InChI=1S/C31H34FN7O2/c1-37-12-4-6-21(37)17-41-31-35-28-25(29(36-31)38-15-19-8-9-20(16-38)39(19)30(33)34)11-10-24(27(28)32)26-14-22(40)13-18-5-2-3-7-23(18)26/h2-3,5,7,10-11,13-14,19-21,40H,4,6,8-9,12,15-17H2,1H3,(H3,33,34)/t19?,20?,21-/m0/s1. The predicted octanol–water partition coefficient (Wildman–Crippen LogP) is 4.31. The number of nitrogens with zero attached hydrogens (tertiary/aromatic N) is 5. The van der Waals surface area contributed by atoms with Gasteiger partial charge in [-0.25, -0.2) is 4.39 Å². The lowest BCUT2D eigenvalue weighted by molar-refractivity contribution is 0.188. The second-order valence-corrected chi connectivity index (χ2v) is 11.5. The summed E-state index contributed by atoms with van der Waals surface area (Å²) in [6, 6.07) is 15.2. The van der Waals surface area contributed by atoms with Crippen LogP contribution in [0.2, 0.25) is 0 Å². The van der Waals surface area contributed by atoms with E-state index in [4.69, 9.17) is 20.9 Å². The first-order chi connectivity index (χ1) is 19.9. The molecule has 4 aromatic rings. The number of aromatic hydroxyl groups is 1. The molecule has 212 valence electrons. The molecule has 3 fully saturated rings. The largest absolute Gasteiger partial charge is 0.508 e. The van der Waals surface area contributed by atoms with Crippen molar-refractivity contribution in [2.24, 2.45) is 5.73 Å². The van der Waals surface area contributed by atoms with Gasteiger partial charge in [0.15, 0.2) is 11.8 Å². The maximum atomic E-state index is 16.6. The highest BCUT2D eigenvalue weighted by Crippen LogP contribution is 2.40. The van der Waals surface area contributed by atoms with Crippen molar-refractivity contribution in [2.75, 3.05) is 38.2 Å². The Morgan fingerprint density at radius 2 is 1.83 bits per heavy atom. The Morgan fingerprint density at radius 1 is 1.05 bits per heavy atom. The minimum atomic E-state index is -0.477. The lowest BCUT2D eigenvalue weighted by Crippen LogP contribution is -2.57. The SMILES string of the molecule is CN1CCC[C@H]1COc1nc(N2CC3CCC(C2)N3C(=N)N)c2ccc(-c3cc(O)cc4ccccc34)c(F)c2n1. The molecule has 0 spiro atoms. The Morgan fingerprint density at radius 3 is 2.56 bits per heavy atom. The highest BCUT2D eigenvalue weighted by molar-refractivity contribution is 6.01. The van der Waals surface area contributed by atoms with Gasteiger partial charge in [-0.1, -0.05) is 30.3 Å². The number of hydrogen-bond donors (Lipinski definition) is 3. The topological polar surface area (TPSA) is 115 Å². The number of piperazine rings is 1. The molecule has 9 nitrogen and oxygen atoms in total. The third-order valence-corrected chi connectivity index (χ3v) is 9.04. The quantitative estimate of drug-likeness (QED) is 0.247. The zero-order chi connectivity index (χ0) is 28.2. The van der Waals surface area contributed by atoms with Gasteiger partial charge < -0.3 is 30.3 Å². The van der Waals surface area contributed by atoms with E-state index >= 15 is 4.39 Å². The minimum Gasteiger partial charge on any atom is -0.508 e. The first-order valence-corrected chi connectivity index (χ1v) is 14.3. The second kappa shape index (κ2) is 10.0. The average Bonchev–Trinajstić information content (AvgIpc) is 3.50. The van der Waals surface area contributed by atoms with Crippen LogP contribution in [0.1, 0.15) is 25.7 Å². The van der Waals surface area contributed by atoms with Gasteiger partial charge in [0.25, 0.3) is 0 Å². The summed E-state index contributed by atoms with van der Waals surface area (Å²) >= 11 is 0. The van der Waals surface area contributed by atoms with Gasteiger partial charge in [0.2, 0.25) is 0 Å². The molecule has 3 atom stereocenters.